The Hall–Kier alpha value is -0.0800. The molecule has 0 amide bonds. The third kappa shape index (κ3) is 1.57. The highest BCUT2D eigenvalue weighted by atomic mass is 16.5. The molecule has 0 spiro atoms. The summed E-state index contributed by atoms with van der Waals surface area (Å²) in [5.41, 5.74) is -0.0775. The van der Waals surface area contributed by atoms with E-state index < -0.39 is 0 Å². The summed E-state index contributed by atoms with van der Waals surface area (Å²) in [5, 5.41) is 9.80. The SMILES string of the molecule is CC1OCC(C)(C)C(O)C1C. The molecule has 0 aliphatic carbocycles. The van der Waals surface area contributed by atoms with Crippen molar-refractivity contribution in [3.05, 3.63) is 0 Å². The molecule has 3 atom stereocenters. The maximum Gasteiger partial charge on any atom is 0.0663 e. The second kappa shape index (κ2) is 2.76. The molecule has 1 fully saturated rings. The van der Waals surface area contributed by atoms with Gasteiger partial charge in [-0.05, 0) is 6.92 Å². The molecule has 0 saturated carbocycles. The van der Waals surface area contributed by atoms with Crippen LogP contribution in [0, 0.1) is 11.3 Å². The van der Waals surface area contributed by atoms with E-state index in [2.05, 4.69) is 0 Å². The van der Waals surface area contributed by atoms with Crippen LogP contribution in [0.15, 0.2) is 0 Å². The zero-order valence-electron chi connectivity index (χ0n) is 7.79. The van der Waals surface area contributed by atoms with E-state index in [1.165, 1.54) is 0 Å². The van der Waals surface area contributed by atoms with Gasteiger partial charge in [-0.1, -0.05) is 20.8 Å². The standard InChI is InChI=1S/C9H18O2/c1-6-7(2)11-5-9(3,4)8(6)10/h6-8,10H,5H2,1-4H3. The Morgan fingerprint density at radius 2 is 1.91 bits per heavy atom. The highest BCUT2D eigenvalue weighted by Gasteiger charge is 2.39. The first-order valence-electron chi connectivity index (χ1n) is 4.25. The molecule has 1 saturated heterocycles. The second-order valence-corrected chi connectivity index (χ2v) is 4.31. The van der Waals surface area contributed by atoms with Crippen LogP contribution in [-0.4, -0.2) is 23.9 Å². The van der Waals surface area contributed by atoms with Crippen molar-refractivity contribution in [2.75, 3.05) is 6.61 Å². The Balaban J connectivity index is 2.67. The van der Waals surface area contributed by atoms with Gasteiger partial charge in [-0.15, -0.1) is 0 Å². The van der Waals surface area contributed by atoms with Crippen LogP contribution in [0.5, 0.6) is 0 Å². The summed E-state index contributed by atoms with van der Waals surface area (Å²) >= 11 is 0. The molecular weight excluding hydrogens is 140 g/mol. The van der Waals surface area contributed by atoms with Gasteiger partial charge in [0.1, 0.15) is 0 Å². The largest absolute Gasteiger partial charge is 0.392 e. The van der Waals surface area contributed by atoms with E-state index in [0.717, 1.165) is 0 Å². The number of ether oxygens (including phenoxy) is 1. The van der Waals surface area contributed by atoms with Gasteiger partial charge in [0.05, 0.1) is 18.8 Å². The minimum absolute atomic E-state index is 0.0775. The van der Waals surface area contributed by atoms with Gasteiger partial charge in [0.25, 0.3) is 0 Å². The topological polar surface area (TPSA) is 29.5 Å². The zero-order valence-corrected chi connectivity index (χ0v) is 7.79. The van der Waals surface area contributed by atoms with Gasteiger partial charge in [-0.2, -0.15) is 0 Å². The van der Waals surface area contributed by atoms with Gasteiger partial charge in [0, 0.05) is 11.3 Å². The number of hydrogen-bond acceptors (Lipinski definition) is 2. The predicted octanol–water partition coefficient (Wildman–Crippen LogP) is 1.43. The monoisotopic (exact) mass is 158 g/mol. The van der Waals surface area contributed by atoms with Crippen molar-refractivity contribution in [3.63, 3.8) is 0 Å². The average molecular weight is 158 g/mol. The molecular formula is C9H18O2. The second-order valence-electron chi connectivity index (χ2n) is 4.31. The van der Waals surface area contributed by atoms with Crippen molar-refractivity contribution in [1.29, 1.82) is 0 Å². The Morgan fingerprint density at radius 1 is 1.36 bits per heavy atom. The molecule has 0 aromatic carbocycles. The van der Waals surface area contributed by atoms with Crippen molar-refractivity contribution in [1.82, 2.24) is 0 Å². The Kier molecular flexibility index (Phi) is 2.26. The van der Waals surface area contributed by atoms with Crippen molar-refractivity contribution in [2.24, 2.45) is 11.3 Å². The minimum atomic E-state index is -0.230. The van der Waals surface area contributed by atoms with E-state index in [9.17, 15) is 5.11 Å². The molecule has 1 heterocycles. The van der Waals surface area contributed by atoms with E-state index in [1.807, 2.05) is 27.7 Å². The molecule has 1 aliphatic rings. The highest BCUT2D eigenvalue weighted by molar-refractivity contribution is 4.88. The maximum absolute atomic E-state index is 9.80. The van der Waals surface area contributed by atoms with E-state index in [4.69, 9.17) is 4.74 Å². The highest BCUT2D eigenvalue weighted by Crippen LogP contribution is 2.33. The van der Waals surface area contributed by atoms with Crippen LogP contribution in [0.3, 0.4) is 0 Å². The van der Waals surface area contributed by atoms with Crippen LogP contribution in [-0.2, 0) is 4.74 Å². The summed E-state index contributed by atoms with van der Waals surface area (Å²) in [7, 11) is 0. The lowest BCUT2D eigenvalue weighted by Gasteiger charge is -2.42. The number of aliphatic hydroxyl groups excluding tert-OH is 1. The van der Waals surface area contributed by atoms with Gasteiger partial charge in [-0.3, -0.25) is 0 Å². The van der Waals surface area contributed by atoms with Gasteiger partial charge >= 0.3 is 0 Å². The Labute approximate surface area is 68.6 Å². The van der Waals surface area contributed by atoms with Crippen molar-refractivity contribution in [2.45, 2.75) is 39.9 Å². The molecule has 0 bridgehead atoms. The lowest BCUT2D eigenvalue weighted by molar-refractivity contribution is -0.150. The Morgan fingerprint density at radius 3 is 2.36 bits per heavy atom. The fourth-order valence-corrected chi connectivity index (χ4v) is 1.55. The van der Waals surface area contributed by atoms with Crippen molar-refractivity contribution in [3.8, 4) is 0 Å². The quantitative estimate of drug-likeness (QED) is 0.578. The first-order chi connectivity index (χ1) is 4.95. The molecule has 0 aromatic heterocycles. The summed E-state index contributed by atoms with van der Waals surface area (Å²) < 4.78 is 5.52. The van der Waals surface area contributed by atoms with Crippen LogP contribution in [0.4, 0.5) is 0 Å². The van der Waals surface area contributed by atoms with Crippen LogP contribution >= 0.6 is 0 Å². The summed E-state index contributed by atoms with van der Waals surface area (Å²) in [6.07, 6.45) is -0.0377. The van der Waals surface area contributed by atoms with Gasteiger partial charge in [0.2, 0.25) is 0 Å². The minimum Gasteiger partial charge on any atom is -0.392 e. The fourth-order valence-electron chi connectivity index (χ4n) is 1.55. The first-order valence-corrected chi connectivity index (χ1v) is 4.25. The van der Waals surface area contributed by atoms with Crippen molar-refractivity contribution < 1.29 is 9.84 Å². The molecule has 11 heavy (non-hydrogen) atoms. The molecule has 0 radical (unpaired) electrons. The molecule has 1 N–H and O–H groups in total. The summed E-state index contributed by atoms with van der Waals surface area (Å²) in [4.78, 5) is 0. The lowest BCUT2D eigenvalue weighted by atomic mass is 9.77. The summed E-state index contributed by atoms with van der Waals surface area (Å²) in [5.74, 6) is 0.249. The van der Waals surface area contributed by atoms with Crippen LogP contribution in [0.1, 0.15) is 27.7 Å². The third-order valence-corrected chi connectivity index (χ3v) is 2.76. The molecule has 1 aliphatic heterocycles. The predicted molar refractivity (Wildman–Crippen MR) is 44.4 cm³/mol. The Bertz CT molecular complexity index is 142. The lowest BCUT2D eigenvalue weighted by Crippen LogP contribution is -2.48. The number of rotatable bonds is 0. The van der Waals surface area contributed by atoms with Crippen LogP contribution in [0.2, 0.25) is 0 Å². The van der Waals surface area contributed by atoms with E-state index in [-0.39, 0.29) is 23.5 Å². The summed E-state index contributed by atoms with van der Waals surface area (Å²) in [6.45, 7) is 8.80. The molecule has 1 rings (SSSR count). The van der Waals surface area contributed by atoms with Crippen LogP contribution < -0.4 is 0 Å². The van der Waals surface area contributed by atoms with E-state index in [1.54, 1.807) is 0 Å². The molecule has 66 valence electrons. The molecule has 2 heteroatoms. The average Bonchev–Trinajstić information content (AvgIpc) is 1.95. The molecule has 2 nitrogen and oxygen atoms in total. The van der Waals surface area contributed by atoms with E-state index in [0.29, 0.717) is 6.61 Å². The maximum atomic E-state index is 9.80. The third-order valence-electron chi connectivity index (χ3n) is 2.76. The smallest absolute Gasteiger partial charge is 0.0663 e. The van der Waals surface area contributed by atoms with Gasteiger partial charge in [0.15, 0.2) is 0 Å². The zero-order chi connectivity index (χ0) is 8.65. The van der Waals surface area contributed by atoms with Crippen molar-refractivity contribution >= 4 is 0 Å². The number of hydrogen-bond donors (Lipinski definition) is 1. The van der Waals surface area contributed by atoms with E-state index >= 15 is 0 Å². The first kappa shape index (κ1) is 9.01. The van der Waals surface area contributed by atoms with Gasteiger partial charge in [-0.25, -0.2) is 0 Å². The van der Waals surface area contributed by atoms with Crippen LogP contribution in [0.25, 0.3) is 0 Å². The fraction of sp³-hybridized carbons (Fsp3) is 1.00. The molecule has 0 aromatic rings. The number of aliphatic hydroxyl groups is 1. The molecule has 3 unspecified atom stereocenters. The van der Waals surface area contributed by atoms with Gasteiger partial charge < -0.3 is 9.84 Å². The normalized spacial score (nSPS) is 43.9. The summed E-state index contributed by atoms with van der Waals surface area (Å²) in [6, 6.07) is 0.